The molecule has 1 atom stereocenters. The van der Waals surface area contributed by atoms with E-state index in [0.29, 0.717) is 38.3 Å². The smallest absolute Gasteiger partial charge is 0.410 e. The number of nitrogens with zero attached hydrogens (tertiary/aromatic N) is 5. The van der Waals surface area contributed by atoms with E-state index >= 15 is 0 Å². The number of anilines is 1. The highest BCUT2D eigenvalue weighted by atomic mass is 16.6. The van der Waals surface area contributed by atoms with E-state index in [9.17, 15) is 4.79 Å². The molecule has 2 aromatic heterocycles. The highest BCUT2D eigenvalue weighted by Gasteiger charge is 2.39. The minimum absolute atomic E-state index is 0.242. The molecule has 0 N–H and O–H groups in total. The molecular weight excluding hydrogens is 478 g/mol. The van der Waals surface area contributed by atoms with E-state index in [1.807, 2.05) is 17.6 Å². The Kier molecular flexibility index (Phi) is 6.78. The van der Waals surface area contributed by atoms with Gasteiger partial charge >= 0.3 is 6.09 Å². The van der Waals surface area contributed by atoms with Gasteiger partial charge in [-0.15, -0.1) is 0 Å². The van der Waals surface area contributed by atoms with Gasteiger partial charge in [-0.3, -0.25) is 0 Å². The number of benzene rings is 1. The fourth-order valence-corrected chi connectivity index (χ4v) is 5.97. The van der Waals surface area contributed by atoms with Crippen molar-refractivity contribution in [1.82, 2.24) is 19.4 Å². The molecule has 6 rings (SSSR count). The van der Waals surface area contributed by atoms with Crippen LogP contribution in [-0.2, 0) is 9.47 Å². The number of piperidine rings is 1. The molecular formula is C30H39N5O3. The number of hydrogen-bond acceptors (Lipinski definition) is 6. The van der Waals surface area contributed by atoms with Gasteiger partial charge in [0.25, 0.3) is 0 Å². The molecule has 8 nitrogen and oxygen atoms in total. The van der Waals surface area contributed by atoms with Crippen LogP contribution in [0.4, 0.5) is 10.5 Å². The average Bonchev–Trinajstić information content (AvgIpc) is 3.37. The van der Waals surface area contributed by atoms with Crippen LogP contribution in [0.3, 0.4) is 0 Å². The third-order valence-electron chi connectivity index (χ3n) is 8.41. The lowest BCUT2D eigenvalue weighted by atomic mass is 9.89. The lowest BCUT2D eigenvalue weighted by Gasteiger charge is -2.41. The summed E-state index contributed by atoms with van der Waals surface area (Å²) >= 11 is 0. The first-order chi connectivity index (χ1) is 18.4. The van der Waals surface area contributed by atoms with Gasteiger partial charge in [0, 0.05) is 56.7 Å². The van der Waals surface area contributed by atoms with Crippen molar-refractivity contribution >= 4 is 17.3 Å². The molecule has 0 unspecified atom stereocenters. The number of aromatic nitrogens is 2. The standard InChI is InChI=1S/C30H39N5O3/c1-22(2)34-12-4-5-25(18-34)23-6-8-24(9-7-23)26-17-28-27(10-11-31-35(28)19-26)32-13-15-33(16-14-32)29(36)38-30(3)20-37-21-30/h6-11,17,19,22,25H,4-5,12-16,18,20-21H2,1-3H3/t25-/m1/s1. The maximum absolute atomic E-state index is 12.6. The lowest BCUT2D eigenvalue weighted by Crippen LogP contribution is -2.55. The Labute approximate surface area is 225 Å². The quantitative estimate of drug-likeness (QED) is 0.492. The highest BCUT2D eigenvalue weighted by molar-refractivity contribution is 5.80. The molecule has 202 valence electrons. The fourth-order valence-electron chi connectivity index (χ4n) is 5.97. The van der Waals surface area contributed by atoms with Gasteiger partial charge in [0.05, 0.1) is 24.4 Å². The van der Waals surface area contributed by atoms with Crippen LogP contribution in [0.5, 0.6) is 0 Å². The minimum Gasteiger partial charge on any atom is -0.438 e. The van der Waals surface area contributed by atoms with Crippen LogP contribution >= 0.6 is 0 Å². The van der Waals surface area contributed by atoms with Gasteiger partial charge in [0.1, 0.15) is 0 Å². The molecule has 3 aromatic rings. The number of hydrogen-bond donors (Lipinski definition) is 0. The van der Waals surface area contributed by atoms with Crippen molar-refractivity contribution in [3.8, 4) is 11.1 Å². The maximum atomic E-state index is 12.6. The number of amides is 1. The average molecular weight is 518 g/mol. The van der Waals surface area contributed by atoms with E-state index < -0.39 is 5.60 Å². The van der Waals surface area contributed by atoms with Gasteiger partial charge < -0.3 is 24.2 Å². The number of piperazine rings is 1. The molecule has 5 heterocycles. The summed E-state index contributed by atoms with van der Waals surface area (Å²) in [4.78, 5) is 19.3. The first kappa shape index (κ1) is 25.2. The van der Waals surface area contributed by atoms with Gasteiger partial charge in [0.15, 0.2) is 5.60 Å². The predicted molar refractivity (Wildman–Crippen MR) is 149 cm³/mol. The highest BCUT2D eigenvalue weighted by Crippen LogP contribution is 2.32. The SMILES string of the molecule is CC(C)N1CCC[C@@H](c2ccc(-c3cc4c(N5CCN(C(=O)OC6(C)COC6)CC5)ccnn4c3)cc2)C1. The predicted octanol–water partition coefficient (Wildman–Crippen LogP) is 4.64. The molecule has 3 saturated heterocycles. The first-order valence-corrected chi connectivity index (χ1v) is 14.0. The molecule has 3 aliphatic heterocycles. The van der Waals surface area contributed by atoms with Gasteiger partial charge in [-0.05, 0) is 69.3 Å². The van der Waals surface area contributed by atoms with Crippen LogP contribution in [0.2, 0.25) is 0 Å². The molecule has 0 bridgehead atoms. The zero-order valence-electron chi connectivity index (χ0n) is 22.8. The van der Waals surface area contributed by atoms with Crippen LogP contribution < -0.4 is 4.90 Å². The molecule has 1 aromatic carbocycles. The third-order valence-corrected chi connectivity index (χ3v) is 8.41. The Bertz CT molecular complexity index is 1270. The number of rotatable bonds is 5. The second-order valence-electron chi connectivity index (χ2n) is 11.6. The summed E-state index contributed by atoms with van der Waals surface area (Å²) in [5.41, 5.74) is 5.58. The zero-order valence-corrected chi connectivity index (χ0v) is 22.8. The van der Waals surface area contributed by atoms with Crippen molar-refractivity contribution in [3.05, 3.63) is 54.4 Å². The van der Waals surface area contributed by atoms with Crippen LogP contribution in [0.1, 0.15) is 45.1 Å². The van der Waals surface area contributed by atoms with Crippen LogP contribution in [0.25, 0.3) is 16.6 Å². The van der Waals surface area contributed by atoms with Gasteiger partial charge in [-0.2, -0.15) is 5.10 Å². The van der Waals surface area contributed by atoms with E-state index in [4.69, 9.17) is 9.47 Å². The molecule has 0 aliphatic carbocycles. The van der Waals surface area contributed by atoms with Crippen molar-refractivity contribution in [1.29, 1.82) is 0 Å². The van der Waals surface area contributed by atoms with E-state index in [0.717, 1.165) is 30.8 Å². The molecule has 1 amide bonds. The number of ether oxygens (including phenoxy) is 2. The Morgan fingerprint density at radius 2 is 1.82 bits per heavy atom. The topological polar surface area (TPSA) is 62.5 Å². The summed E-state index contributed by atoms with van der Waals surface area (Å²) < 4.78 is 12.8. The normalized spacial score (nSPS) is 22.1. The monoisotopic (exact) mass is 517 g/mol. The van der Waals surface area contributed by atoms with Crippen LogP contribution in [-0.4, -0.2) is 89.6 Å². The summed E-state index contributed by atoms with van der Waals surface area (Å²) in [5.74, 6) is 0.613. The second kappa shape index (κ2) is 10.2. The Balaban J connectivity index is 1.14. The van der Waals surface area contributed by atoms with Crippen LogP contribution in [0, 0.1) is 0 Å². The lowest BCUT2D eigenvalue weighted by molar-refractivity contribution is -0.171. The second-order valence-corrected chi connectivity index (χ2v) is 11.6. The van der Waals surface area contributed by atoms with Gasteiger partial charge in [-0.1, -0.05) is 24.3 Å². The molecule has 0 spiro atoms. The third kappa shape index (κ3) is 4.99. The number of likely N-dealkylation sites (tertiary alicyclic amines) is 1. The summed E-state index contributed by atoms with van der Waals surface area (Å²) in [7, 11) is 0. The summed E-state index contributed by atoms with van der Waals surface area (Å²) in [6.45, 7) is 12.6. The largest absolute Gasteiger partial charge is 0.438 e. The Hall–Kier alpha value is -3.10. The number of fused-ring (bicyclic) bond motifs is 1. The zero-order chi connectivity index (χ0) is 26.3. The van der Waals surface area contributed by atoms with Crippen molar-refractivity contribution in [2.75, 3.05) is 57.4 Å². The Morgan fingerprint density at radius 1 is 1.05 bits per heavy atom. The van der Waals surface area contributed by atoms with E-state index in [-0.39, 0.29) is 6.09 Å². The molecule has 3 aliphatic rings. The van der Waals surface area contributed by atoms with Crippen molar-refractivity contribution in [2.24, 2.45) is 0 Å². The van der Waals surface area contributed by atoms with Crippen molar-refractivity contribution in [3.63, 3.8) is 0 Å². The summed E-state index contributed by atoms with van der Waals surface area (Å²) in [5, 5.41) is 4.59. The van der Waals surface area contributed by atoms with Gasteiger partial charge in [0.2, 0.25) is 0 Å². The fraction of sp³-hybridized carbons (Fsp3) is 0.533. The summed E-state index contributed by atoms with van der Waals surface area (Å²) in [6.07, 6.45) is 6.27. The Morgan fingerprint density at radius 3 is 2.50 bits per heavy atom. The molecule has 3 fully saturated rings. The molecule has 8 heteroatoms. The minimum atomic E-state index is -0.475. The van der Waals surface area contributed by atoms with Gasteiger partial charge in [-0.25, -0.2) is 9.31 Å². The summed E-state index contributed by atoms with van der Waals surface area (Å²) in [6, 6.07) is 14.1. The van der Waals surface area contributed by atoms with E-state index in [1.165, 1.54) is 36.1 Å². The number of carbonyl (C=O) groups excluding carboxylic acids is 1. The maximum Gasteiger partial charge on any atom is 0.410 e. The molecule has 38 heavy (non-hydrogen) atoms. The van der Waals surface area contributed by atoms with Crippen LogP contribution in [0.15, 0.2) is 48.8 Å². The molecule has 0 saturated carbocycles. The van der Waals surface area contributed by atoms with Crippen molar-refractivity contribution in [2.45, 2.75) is 51.2 Å². The van der Waals surface area contributed by atoms with E-state index in [1.54, 1.807) is 4.90 Å². The van der Waals surface area contributed by atoms with E-state index in [2.05, 4.69) is 71.3 Å². The van der Waals surface area contributed by atoms with Crippen molar-refractivity contribution < 1.29 is 14.3 Å². The first-order valence-electron chi connectivity index (χ1n) is 14.0. The molecule has 0 radical (unpaired) electrons. The number of carbonyl (C=O) groups is 1.